The number of hydrogen-bond acceptors (Lipinski definition) is 3. The van der Waals surface area contributed by atoms with E-state index in [0.29, 0.717) is 20.8 Å². The van der Waals surface area contributed by atoms with Crippen LogP contribution in [0.4, 0.5) is 0 Å². The van der Waals surface area contributed by atoms with Crippen LogP contribution in [-0.4, -0.2) is 10.7 Å². The van der Waals surface area contributed by atoms with Crippen LogP contribution in [0.1, 0.15) is 35.4 Å². The summed E-state index contributed by atoms with van der Waals surface area (Å²) in [5, 5.41) is 8.65. The van der Waals surface area contributed by atoms with Gasteiger partial charge in [0.05, 0.1) is 16.8 Å². The third kappa shape index (κ3) is 3.04. The number of rotatable bonds is 2. The molecule has 0 saturated carbocycles. The molecule has 140 valence electrons. The molecule has 0 saturated heterocycles. The van der Waals surface area contributed by atoms with Gasteiger partial charge < -0.3 is 4.74 Å². The Labute approximate surface area is 178 Å². The highest BCUT2D eigenvalue weighted by molar-refractivity contribution is 6.35. The Kier molecular flexibility index (Phi) is 4.47. The SMILES string of the molecule is Clc1cccc([C@@H]2Oc3c(Cl)cc(Cl)cc3[C@H]3CC(c4ccccc4)=NN32)c1. The summed E-state index contributed by atoms with van der Waals surface area (Å²) in [4.78, 5) is 0. The Morgan fingerprint density at radius 1 is 0.893 bits per heavy atom. The van der Waals surface area contributed by atoms with Gasteiger partial charge in [0.15, 0.2) is 0 Å². The quantitative estimate of drug-likeness (QED) is 0.443. The van der Waals surface area contributed by atoms with E-state index in [9.17, 15) is 0 Å². The number of hydrazone groups is 1. The van der Waals surface area contributed by atoms with Crippen molar-refractivity contribution >= 4 is 40.5 Å². The third-order valence-corrected chi connectivity index (χ3v) is 5.78. The van der Waals surface area contributed by atoms with Crippen molar-refractivity contribution in [3.63, 3.8) is 0 Å². The molecule has 0 fully saturated rings. The van der Waals surface area contributed by atoms with Crippen molar-refractivity contribution in [1.29, 1.82) is 0 Å². The smallest absolute Gasteiger partial charge is 0.214 e. The molecule has 6 heteroatoms. The predicted octanol–water partition coefficient (Wildman–Crippen LogP) is 6.89. The van der Waals surface area contributed by atoms with Gasteiger partial charge in [0.1, 0.15) is 5.75 Å². The summed E-state index contributed by atoms with van der Waals surface area (Å²) >= 11 is 19.0. The van der Waals surface area contributed by atoms with E-state index in [0.717, 1.165) is 28.8 Å². The number of nitrogens with zero attached hydrogens (tertiary/aromatic N) is 2. The second-order valence-corrected chi connectivity index (χ2v) is 8.12. The van der Waals surface area contributed by atoms with Gasteiger partial charge in [-0.1, -0.05) is 77.3 Å². The minimum absolute atomic E-state index is 0.0147. The molecular weight excluding hydrogens is 415 g/mol. The third-order valence-electron chi connectivity index (χ3n) is 5.05. The fourth-order valence-electron chi connectivity index (χ4n) is 3.80. The number of benzene rings is 3. The highest BCUT2D eigenvalue weighted by Gasteiger charge is 2.42. The Hall–Kier alpha value is -2.20. The Balaban J connectivity index is 1.65. The first kappa shape index (κ1) is 17.9. The van der Waals surface area contributed by atoms with E-state index in [1.807, 2.05) is 53.5 Å². The van der Waals surface area contributed by atoms with Gasteiger partial charge >= 0.3 is 0 Å². The van der Waals surface area contributed by atoms with Crippen LogP contribution >= 0.6 is 34.8 Å². The zero-order valence-electron chi connectivity index (χ0n) is 14.6. The fraction of sp³-hybridized carbons (Fsp3) is 0.136. The molecule has 5 rings (SSSR count). The van der Waals surface area contributed by atoms with Crippen molar-refractivity contribution < 1.29 is 4.74 Å². The van der Waals surface area contributed by atoms with Crippen LogP contribution in [0.3, 0.4) is 0 Å². The van der Waals surface area contributed by atoms with Gasteiger partial charge in [-0.2, -0.15) is 5.10 Å². The average Bonchev–Trinajstić information content (AvgIpc) is 3.14. The molecule has 2 heterocycles. The van der Waals surface area contributed by atoms with E-state index in [2.05, 4.69) is 12.1 Å². The highest BCUT2D eigenvalue weighted by atomic mass is 35.5. The molecule has 0 bridgehead atoms. The number of hydrogen-bond donors (Lipinski definition) is 0. The summed E-state index contributed by atoms with van der Waals surface area (Å²) < 4.78 is 6.33. The number of halogens is 3. The summed E-state index contributed by atoms with van der Waals surface area (Å²) in [6.07, 6.45) is 0.324. The van der Waals surface area contributed by atoms with Gasteiger partial charge in [0, 0.05) is 27.6 Å². The summed E-state index contributed by atoms with van der Waals surface area (Å²) in [5.74, 6) is 0.654. The maximum absolute atomic E-state index is 6.48. The lowest BCUT2D eigenvalue weighted by atomic mass is 9.96. The van der Waals surface area contributed by atoms with Gasteiger partial charge in [-0.25, -0.2) is 5.01 Å². The molecule has 2 aliphatic heterocycles. The van der Waals surface area contributed by atoms with Crippen LogP contribution in [0, 0.1) is 0 Å². The van der Waals surface area contributed by atoms with Crippen LogP contribution in [0.2, 0.25) is 15.1 Å². The minimum Gasteiger partial charge on any atom is -0.463 e. The first-order valence-corrected chi connectivity index (χ1v) is 10.1. The summed E-state index contributed by atoms with van der Waals surface area (Å²) in [6.45, 7) is 0. The van der Waals surface area contributed by atoms with Crippen molar-refractivity contribution in [3.8, 4) is 5.75 Å². The lowest BCUT2D eigenvalue weighted by molar-refractivity contribution is -0.0189. The normalized spacial score (nSPS) is 20.2. The maximum Gasteiger partial charge on any atom is 0.214 e. The number of fused-ring (bicyclic) bond motifs is 3. The summed E-state index contributed by atoms with van der Waals surface area (Å²) in [7, 11) is 0. The predicted molar refractivity (Wildman–Crippen MR) is 113 cm³/mol. The van der Waals surface area contributed by atoms with E-state index in [1.165, 1.54) is 0 Å². The lowest BCUT2D eigenvalue weighted by Gasteiger charge is -2.38. The molecule has 0 radical (unpaired) electrons. The molecule has 2 aliphatic rings. The number of ether oxygens (including phenoxy) is 1. The van der Waals surface area contributed by atoms with E-state index < -0.39 is 6.23 Å². The van der Waals surface area contributed by atoms with Crippen LogP contribution in [0.25, 0.3) is 0 Å². The average molecular weight is 430 g/mol. The molecule has 0 N–H and O–H groups in total. The molecule has 0 unspecified atom stereocenters. The maximum atomic E-state index is 6.48. The first-order valence-electron chi connectivity index (χ1n) is 8.92. The van der Waals surface area contributed by atoms with E-state index in [-0.39, 0.29) is 6.04 Å². The molecule has 3 aromatic rings. The highest BCUT2D eigenvalue weighted by Crippen LogP contribution is 2.50. The topological polar surface area (TPSA) is 24.8 Å². The molecule has 0 spiro atoms. The van der Waals surface area contributed by atoms with Crippen molar-refractivity contribution in [2.45, 2.75) is 18.7 Å². The van der Waals surface area contributed by atoms with Gasteiger partial charge in [-0.3, -0.25) is 0 Å². The fourth-order valence-corrected chi connectivity index (χ4v) is 4.55. The van der Waals surface area contributed by atoms with E-state index in [1.54, 1.807) is 6.07 Å². The molecule has 0 aromatic heterocycles. The molecule has 3 aromatic carbocycles. The van der Waals surface area contributed by atoms with E-state index >= 15 is 0 Å². The van der Waals surface area contributed by atoms with Gasteiger partial charge in [-0.05, 0) is 29.8 Å². The van der Waals surface area contributed by atoms with Gasteiger partial charge in [-0.15, -0.1) is 0 Å². The molecule has 2 atom stereocenters. The van der Waals surface area contributed by atoms with Crippen molar-refractivity contribution in [3.05, 3.63) is 98.5 Å². The van der Waals surface area contributed by atoms with Crippen molar-refractivity contribution in [1.82, 2.24) is 5.01 Å². The lowest BCUT2D eigenvalue weighted by Crippen LogP contribution is -2.33. The Bertz CT molecular complexity index is 1080. The zero-order chi connectivity index (χ0) is 19.3. The Morgan fingerprint density at radius 3 is 2.50 bits per heavy atom. The van der Waals surface area contributed by atoms with Crippen LogP contribution in [-0.2, 0) is 0 Å². The van der Waals surface area contributed by atoms with Crippen molar-refractivity contribution in [2.24, 2.45) is 5.10 Å². The standard InChI is InChI=1S/C22H15Cl3N2O/c23-15-8-4-7-14(9-15)22-27-20(12-19(26-27)13-5-2-1-3-6-13)17-10-16(24)11-18(25)21(17)28-22/h1-11,20,22H,12H2/t20-,22+/m1/s1. The monoisotopic (exact) mass is 428 g/mol. The molecule has 28 heavy (non-hydrogen) atoms. The van der Waals surface area contributed by atoms with Crippen LogP contribution < -0.4 is 4.74 Å². The molecule has 0 amide bonds. The molecular formula is C22H15Cl3N2O. The van der Waals surface area contributed by atoms with Crippen LogP contribution in [0.5, 0.6) is 5.75 Å². The Morgan fingerprint density at radius 2 is 1.71 bits per heavy atom. The largest absolute Gasteiger partial charge is 0.463 e. The van der Waals surface area contributed by atoms with Crippen LogP contribution in [0.15, 0.2) is 71.8 Å². The van der Waals surface area contributed by atoms with Gasteiger partial charge in [0.25, 0.3) is 0 Å². The van der Waals surface area contributed by atoms with Crippen molar-refractivity contribution in [2.75, 3.05) is 0 Å². The zero-order valence-corrected chi connectivity index (χ0v) is 16.9. The molecule has 3 nitrogen and oxygen atoms in total. The van der Waals surface area contributed by atoms with E-state index in [4.69, 9.17) is 44.6 Å². The summed E-state index contributed by atoms with van der Waals surface area (Å²) in [5.41, 5.74) is 3.97. The van der Waals surface area contributed by atoms with Gasteiger partial charge in [0.2, 0.25) is 6.23 Å². The minimum atomic E-state index is -0.420. The summed E-state index contributed by atoms with van der Waals surface area (Å²) in [6, 6.07) is 21.4. The second kappa shape index (κ2) is 7.00. The first-order chi connectivity index (χ1) is 13.6. The second-order valence-electron chi connectivity index (χ2n) is 6.84. The molecule has 0 aliphatic carbocycles.